The first kappa shape index (κ1) is 10.3. The van der Waals surface area contributed by atoms with Crippen LogP contribution in [-0.2, 0) is 18.3 Å². The van der Waals surface area contributed by atoms with E-state index in [2.05, 4.69) is 32.0 Å². The summed E-state index contributed by atoms with van der Waals surface area (Å²) >= 11 is 0. The molecule has 1 nitrogen and oxygen atoms in total. The third kappa shape index (κ3) is 1.27. The van der Waals surface area contributed by atoms with Crippen molar-refractivity contribution in [1.29, 1.82) is 0 Å². The van der Waals surface area contributed by atoms with Gasteiger partial charge in [0.15, 0.2) is 0 Å². The van der Waals surface area contributed by atoms with Crippen LogP contribution in [0, 0.1) is 0 Å². The number of nitrogens with two attached hydrogens (primary N) is 1. The fraction of sp³-hybridized carbons (Fsp3) is 0.600. The van der Waals surface area contributed by atoms with Crippen molar-refractivity contribution in [2.24, 2.45) is 5.73 Å². The molecule has 3 rings (SSSR count). The lowest BCUT2D eigenvalue weighted by molar-refractivity contribution is 0.389. The zero-order chi connectivity index (χ0) is 11.4. The average molecular weight is 215 g/mol. The molecule has 0 aliphatic heterocycles. The molecule has 1 aromatic carbocycles. The molecule has 0 bridgehead atoms. The van der Waals surface area contributed by atoms with Gasteiger partial charge in [-0.05, 0) is 62.6 Å². The first-order valence-corrected chi connectivity index (χ1v) is 6.45. The smallest absolute Gasteiger partial charge is 0.0195 e. The van der Waals surface area contributed by atoms with Crippen molar-refractivity contribution in [1.82, 2.24) is 0 Å². The third-order valence-corrected chi connectivity index (χ3v) is 4.64. The Morgan fingerprint density at radius 3 is 2.56 bits per heavy atom. The highest BCUT2D eigenvalue weighted by molar-refractivity contribution is 5.47. The van der Waals surface area contributed by atoms with Gasteiger partial charge in [-0.25, -0.2) is 0 Å². The van der Waals surface area contributed by atoms with E-state index in [-0.39, 0.29) is 11.0 Å². The monoisotopic (exact) mass is 215 g/mol. The SMILES string of the molecule is CC(C)(N)C1(c2cccc3c2CCC3)CC1. The maximum atomic E-state index is 6.40. The molecule has 0 heterocycles. The average Bonchev–Trinajstić information content (AvgIpc) is 2.89. The zero-order valence-electron chi connectivity index (χ0n) is 10.3. The van der Waals surface area contributed by atoms with Crippen LogP contribution in [0.2, 0.25) is 0 Å². The summed E-state index contributed by atoms with van der Waals surface area (Å²) in [7, 11) is 0. The molecule has 1 aromatic rings. The lowest BCUT2D eigenvalue weighted by Crippen LogP contribution is -2.45. The summed E-state index contributed by atoms with van der Waals surface area (Å²) in [6, 6.07) is 6.85. The van der Waals surface area contributed by atoms with E-state index in [1.165, 1.54) is 32.1 Å². The number of benzene rings is 1. The van der Waals surface area contributed by atoms with Crippen molar-refractivity contribution in [2.75, 3.05) is 0 Å². The topological polar surface area (TPSA) is 26.0 Å². The molecule has 0 aromatic heterocycles. The fourth-order valence-corrected chi connectivity index (χ4v) is 3.45. The summed E-state index contributed by atoms with van der Waals surface area (Å²) in [5.74, 6) is 0. The molecule has 86 valence electrons. The maximum Gasteiger partial charge on any atom is 0.0195 e. The maximum absolute atomic E-state index is 6.40. The van der Waals surface area contributed by atoms with Crippen LogP contribution in [0.1, 0.15) is 49.8 Å². The van der Waals surface area contributed by atoms with Gasteiger partial charge >= 0.3 is 0 Å². The number of hydrogen-bond donors (Lipinski definition) is 1. The molecule has 0 amide bonds. The number of hydrogen-bond acceptors (Lipinski definition) is 1. The lowest BCUT2D eigenvalue weighted by Gasteiger charge is -2.33. The van der Waals surface area contributed by atoms with Crippen molar-refractivity contribution in [3.63, 3.8) is 0 Å². The summed E-state index contributed by atoms with van der Waals surface area (Å²) in [5.41, 5.74) is 11.4. The molecule has 1 saturated carbocycles. The van der Waals surface area contributed by atoms with Crippen molar-refractivity contribution in [2.45, 2.75) is 56.9 Å². The molecule has 2 aliphatic carbocycles. The van der Waals surface area contributed by atoms with Gasteiger partial charge in [0, 0.05) is 11.0 Å². The second-order valence-electron chi connectivity index (χ2n) is 6.10. The van der Waals surface area contributed by atoms with Crippen molar-refractivity contribution < 1.29 is 0 Å². The predicted molar refractivity (Wildman–Crippen MR) is 67.6 cm³/mol. The second kappa shape index (κ2) is 3.10. The second-order valence-corrected chi connectivity index (χ2v) is 6.10. The Kier molecular flexibility index (Phi) is 2.00. The summed E-state index contributed by atoms with van der Waals surface area (Å²) in [5, 5.41) is 0. The molecule has 1 fully saturated rings. The molecule has 0 radical (unpaired) electrons. The van der Waals surface area contributed by atoms with Crippen LogP contribution in [0.3, 0.4) is 0 Å². The summed E-state index contributed by atoms with van der Waals surface area (Å²) in [4.78, 5) is 0. The minimum absolute atomic E-state index is 0.0787. The molecule has 16 heavy (non-hydrogen) atoms. The van der Waals surface area contributed by atoms with E-state index in [1.54, 1.807) is 16.7 Å². The molecular formula is C15H21N. The van der Waals surface area contributed by atoms with E-state index in [0.29, 0.717) is 0 Å². The van der Waals surface area contributed by atoms with Crippen LogP contribution >= 0.6 is 0 Å². The largest absolute Gasteiger partial charge is 0.325 e. The summed E-state index contributed by atoms with van der Waals surface area (Å²) in [6.45, 7) is 4.38. The zero-order valence-corrected chi connectivity index (χ0v) is 10.3. The van der Waals surface area contributed by atoms with Gasteiger partial charge < -0.3 is 5.73 Å². The highest BCUT2D eigenvalue weighted by atomic mass is 14.8. The molecule has 0 saturated heterocycles. The van der Waals surface area contributed by atoms with Gasteiger partial charge in [0.2, 0.25) is 0 Å². The van der Waals surface area contributed by atoms with E-state index in [4.69, 9.17) is 5.73 Å². The third-order valence-electron chi connectivity index (χ3n) is 4.64. The van der Waals surface area contributed by atoms with Crippen LogP contribution in [0.4, 0.5) is 0 Å². The molecule has 0 atom stereocenters. The van der Waals surface area contributed by atoms with Crippen molar-refractivity contribution >= 4 is 0 Å². The normalized spacial score (nSPS) is 21.9. The minimum atomic E-state index is -0.0787. The van der Waals surface area contributed by atoms with Crippen molar-refractivity contribution in [3.8, 4) is 0 Å². The van der Waals surface area contributed by atoms with Gasteiger partial charge in [-0.3, -0.25) is 0 Å². The van der Waals surface area contributed by atoms with Gasteiger partial charge in [0.05, 0.1) is 0 Å². The molecule has 0 unspecified atom stereocenters. The minimum Gasteiger partial charge on any atom is -0.325 e. The highest BCUT2D eigenvalue weighted by Crippen LogP contribution is 2.56. The van der Waals surface area contributed by atoms with Gasteiger partial charge in [-0.1, -0.05) is 18.2 Å². The van der Waals surface area contributed by atoms with Crippen LogP contribution in [0.25, 0.3) is 0 Å². The van der Waals surface area contributed by atoms with Crippen LogP contribution in [0.5, 0.6) is 0 Å². The molecule has 2 N–H and O–H groups in total. The first-order chi connectivity index (χ1) is 7.55. The fourth-order valence-electron chi connectivity index (χ4n) is 3.45. The van der Waals surface area contributed by atoms with E-state index in [1.807, 2.05) is 0 Å². The van der Waals surface area contributed by atoms with Crippen LogP contribution < -0.4 is 5.73 Å². The van der Waals surface area contributed by atoms with Gasteiger partial charge in [0.25, 0.3) is 0 Å². The molecule has 2 aliphatic rings. The number of fused-ring (bicyclic) bond motifs is 1. The first-order valence-electron chi connectivity index (χ1n) is 6.45. The van der Waals surface area contributed by atoms with E-state index < -0.39 is 0 Å². The Morgan fingerprint density at radius 2 is 1.94 bits per heavy atom. The number of aryl methyl sites for hydroxylation is 1. The molecule has 0 spiro atoms. The van der Waals surface area contributed by atoms with Crippen molar-refractivity contribution in [3.05, 3.63) is 34.9 Å². The number of rotatable bonds is 2. The van der Waals surface area contributed by atoms with Gasteiger partial charge in [0.1, 0.15) is 0 Å². The standard InChI is InChI=1S/C15H21N/c1-14(2,16)15(9-10-15)13-8-4-6-11-5-3-7-12(11)13/h4,6,8H,3,5,7,9-10,16H2,1-2H3. The molecular weight excluding hydrogens is 194 g/mol. The van der Waals surface area contributed by atoms with E-state index in [9.17, 15) is 0 Å². The lowest BCUT2D eigenvalue weighted by atomic mass is 9.77. The Bertz CT molecular complexity index is 422. The van der Waals surface area contributed by atoms with Crippen LogP contribution in [0.15, 0.2) is 18.2 Å². The van der Waals surface area contributed by atoms with Crippen LogP contribution in [-0.4, -0.2) is 5.54 Å². The highest BCUT2D eigenvalue weighted by Gasteiger charge is 2.54. The van der Waals surface area contributed by atoms with Gasteiger partial charge in [-0.15, -0.1) is 0 Å². The van der Waals surface area contributed by atoms with E-state index >= 15 is 0 Å². The Balaban J connectivity index is 2.12. The predicted octanol–water partition coefficient (Wildman–Crippen LogP) is 2.94. The molecule has 1 heteroatoms. The Morgan fingerprint density at radius 1 is 1.19 bits per heavy atom. The Labute approximate surface area is 98.0 Å². The Hall–Kier alpha value is -0.820. The summed E-state index contributed by atoms with van der Waals surface area (Å²) in [6.07, 6.45) is 6.40. The summed E-state index contributed by atoms with van der Waals surface area (Å²) < 4.78 is 0. The van der Waals surface area contributed by atoms with E-state index in [0.717, 1.165) is 0 Å². The quantitative estimate of drug-likeness (QED) is 0.806. The van der Waals surface area contributed by atoms with Gasteiger partial charge in [-0.2, -0.15) is 0 Å².